The summed E-state index contributed by atoms with van der Waals surface area (Å²) in [4.78, 5) is 12.1. The predicted octanol–water partition coefficient (Wildman–Crippen LogP) is 2.05. The van der Waals surface area contributed by atoms with E-state index in [1.54, 1.807) is 14.0 Å². The van der Waals surface area contributed by atoms with Crippen LogP contribution in [0.25, 0.3) is 0 Å². The molecule has 0 amide bonds. The number of carbonyl (C=O) groups is 1. The second-order valence-corrected chi connectivity index (χ2v) is 5.27. The predicted molar refractivity (Wildman–Crippen MR) is 69.2 cm³/mol. The van der Waals surface area contributed by atoms with E-state index in [0.29, 0.717) is 23.0 Å². The molecule has 1 aliphatic rings. The lowest BCUT2D eigenvalue weighted by atomic mass is 9.89. The van der Waals surface area contributed by atoms with Crippen molar-refractivity contribution in [3.63, 3.8) is 0 Å². The van der Waals surface area contributed by atoms with Gasteiger partial charge in [0.15, 0.2) is 5.69 Å². The Kier molecular flexibility index (Phi) is 3.59. The maximum Gasteiger partial charge on any atom is 0.359 e. The number of esters is 1. The number of hydrogen-bond donors (Lipinski definition) is 1. The summed E-state index contributed by atoms with van der Waals surface area (Å²) in [6, 6.07) is 0. The van der Waals surface area contributed by atoms with Gasteiger partial charge in [-0.05, 0) is 32.1 Å². The van der Waals surface area contributed by atoms with Crippen molar-refractivity contribution in [3.05, 3.63) is 11.4 Å². The number of nitrogen functional groups attached to an aromatic ring is 1. The first kappa shape index (κ1) is 12.9. The second-order valence-electron chi connectivity index (χ2n) is 5.27. The van der Waals surface area contributed by atoms with E-state index in [4.69, 9.17) is 10.5 Å². The summed E-state index contributed by atoms with van der Waals surface area (Å²) in [6.07, 6.45) is 4.27. The van der Waals surface area contributed by atoms with Crippen LogP contribution in [-0.4, -0.2) is 21.9 Å². The molecule has 1 aliphatic carbocycles. The van der Waals surface area contributed by atoms with E-state index < -0.39 is 0 Å². The van der Waals surface area contributed by atoms with Crippen molar-refractivity contribution < 1.29 is 9.53 Å². The van der Waals surface area contributed by atoms with E-state index in [2.05, 4.69) is 12.0 Å². The molecule has 1 heterocycles. The number of aromatic nitrogens is 2. The Morgan fingerprint density at radius 2 is 2.22 bits per heavy atom. The van der Waals surface area contributed by atoms with Crippen molar-refractivity contribution >= 4 is 11.7 Å². The lowest BCUT2D eigenvalue weighted by Gasteiger charge is -2.26. The molecule has 1 aromatic heterocycles. The normalized spacial score (nSPS) is 23.9. The summed E-state index contributed by atoms with van der Waals surface area (Å²) in [5.41, 5.74) is 7.31. The van der Waals surface area contributed by atoms with Crippen molar-refractivity contribution in [2.24, 2.45) is 13.0 Å². The van der Waals surface area contributed by atoms with Crippen LogP contribution in [0.2, 0.25) is 0 Å². The van der Waals surface area contributed by atoms with Gasteiger partial charge in [0, 0.05) is 7.05 Å². The molecular weight excluding hydrogens is 230 g/mol. The van der Waals surface area contributed by atoms with E-state index in [1.165, 1.54) is 11.1 Å². The number of rotatable bonds is 2. The highest BCUT2D eigenvalue weighted by molar-refractivity contribution is 5.93. The number of carbonyl (C=O) groups excluding carboxylic acids is 1. The van der Waals surface area contributed by atoms with E-state index in [9.17, 15) is 4.79 Å². The van der Waals surface area contributed by atoms with Crippen molar-refractivity contribution in [1.82, 2.24) is 9.78 Å². The average Bonchev–Trinajstić information content (AvgIpc) is 2.53. The first-order valence-electron chi connectivity index (χ1n) is 6.49. The molecule has 2 N–H and O–H groups in total. The highest BCUT2D eigenvalue weighted by Gasteiger charge is 2.26. The fourth-order valence-corrected chi connectivity index (χ4v) is 2.61. The number of nitrogens with zero attached hydrogens (tertiary/aromatic N) is 2. The molecule has 0 aliphatic heterocycles. The van der Waals surface area contributed by atoms with Gasteiger partial charge in [-0.2, -0.15) is 5.10 Å². The van der Waals surface area contributed by atoms with Crippen molar-refractivity contribution in [3.8, 4) is 0 Å². The third-order valence-corrected chi connectivity index (χ3v) is 3.62. The summed E-state index contributed by atoms with van der Waals surface area (Å²) in [5.74, 6) is 0.275. The molecule has 0 aromatic carbocycles. The van der Waals surface area contributed by atoms with Gasteiger partial charge < -0.3 is 10.5 Å². The van der Waals surface area contributed by atoms with Crippen LogP contribution in [0.3, 0.4) is 0 Å². The summed E-state index contributed by atoms with van der Waals surface area (Å²) in [5, 5.41) is 4.13. The molecule has 2 rings (SSSR count). The van der Waals surface area contributed by atoms with Crippen LogP contribution >= 0.6 is 0 Å². The third kappa shape index (κ3) is 2.49. The summed E-state index contributed by atoms with van der Waals surface area (Å²) < 4.78 is 7.04. The molecule has 0 radical (unpaired) electrons. The van der Waals surface area contributed by atoms with Crippen LogP contribution in [0.1, 0.15) is 48.8 Å². The molecule has 5 nitrogen and oxygen atoms in total. The first-order chi connectivity index (χ1) is 8.49. The molecular formula is C13H21N3O2. The third-order valence-electron chi connectivity index (χ3n) is 3.62. The molecule has 1 saturated carbocycles. The standard InChI is InChI=1S/C13H21N3O2/c1-8-5-4-6-10(7-8)18-13(17)12-11(14)9(2)15-16(12)3/h8,10H,4-7,14H2,1-3H3. The Balaban J connectivity index is 2.07. The number of ether oxygens (including phenoxy) is 1. The summed E-state index contributed by atoms with van der Waals surface area (Å²) in [6.45, 7) is 3.98. The van der Waals surface area contributed by atoms with E-state index >= 15 is 0 Å². The minimum Gasteiger partial charge on any atom is -0.458 e. The molecule has 0 spiro atoms. The SMILES string of the molecule is Cc1nn(C)c(C(=O)OC2CCCC(C)C2)c1N. The van der Waals surface area contributed by atoms with Gasteiger partial charge >= 0.3 is 5.97 Å². The van der Waals surface area contributed by atoms with Gasteiger partial charge in [0.2, 0.25) is 0 Å². The van der Waals surface area contributed by atoms with E-state index in [1.807, 2.05) is 0 Å². The molecule has 5 heteroatoms. The highest BCUT2D eigenvalue weighted by atomic mass is 16.5. The van der Waals surface area contributed by atoms with Gasteiger partial charge in [-0.3, -0.25) is 4.68 Å². The van der Waals surface area contributed by atoms with Crippen LogP contribution in [0, 0.1) is 12.8 Å². The number of aryl methyl sites for hydroxylation is 2. The lowest BCUT2D eigenvalue weighted by Crippen LogP contribution is -2.26. The fourth-order valence-electron chi connectivity index (χ4n) is 2.61. The Morgan fingerprint density at radius 1 is 1.50 bits per heavy atom. The first-order valence-corrected chi connectivity index (χ1v) is 6.49. The molecule has 0 saturated heterocycles. The Morgan fingerprint density at radius 3 is 2.78 bits per heavy atom. The van der Waals surface area contributed by atoms with Gasteiger partial charge in [0.25, 0.3) is 0 Å². The molecule has 18 heavy (non-hydrogen) atoms. The zero-order valence-corrected chi connectivity index (χ0v) is 11.3. The number of nitrogens with two attached hydrogens (primary N) is 1. The fraction of sp³-hybridized carbons (Fsp3) is 0.692. The van der Waals surface area contributed by atoms with Gasteiger partial charge in [-0.25, -0.2) is 4.79 Å². The monoisotopic (exact) mass is 251 g/mol. The summed E-state index contributed by atoms with van der Waals surface area (Å²) in [7, 11) is 1.71. The molecule has 2 unspecified atom stereocenters. The maximum absolute atomic E-state index is 12.1. The van der Waals surface area contributed by atoms with Gasteiger partial charge in [0.1, 0.15) is 6.10 Å². The Bertz CT molecular complexity index is 453. The molecule has 2 atom stereocenters. The number of anilines is 1. The van der Waals surface area contributed by atoms with Crippen LogP contribution in [0.4, 0.5) is 5.69 Å². The highest BCUT2D eigenvalue weighted by Crippen LogP contribution is 2.27. The minimum absolute atomic E-state index is 0.0239. The zero-order valence-electron chi connectivity index (χ0n) is 11.3. The Hall–Kier alpha value is -1.52. The topological polar surface area (TPSA) is 70.1 Å². The van der Waals surface area contributed by atoms with Crippen LogP contribution in [-0.2, 0) is 11.8 Å². The van der Waals surface area contributed by atoms with Crippen LogP contribution < -0.4 is 5.73 Å². The summed E-state index contributed by atoms with van der Waals surface area (Å²) >= 11 is 0. The molecule has 1 fully saturated rings. The van der Waals surface area contributed by atoms with E-state index in [0.717, 1.165) is 19.3 Å². The van der Waals surface area contributed by atoms with Crippen LogP contribution in [0.15, 0.2) is 0 Å². The largest absolute Gasteiger partial charge is 0.458 e. The zero-order chi connectivity index (χ0) is 13.3. The van der Waals surface area contributed by atoms with Crippen molar-refractivity contribution in [2.75, 3.05) is 5.73 Å². The number of hydrogen-bond acceptors (Lipinski definition) is 4. The minimum atomic E-state index is -0.352. The van der Waals surface area contributed by atoms with Crippen molar-refractivity contribution in [1.29, 1.82) is 0 Å². The van der Waals surface area contributed by atoms with E-state index in [-0.39, 0.29) is 12.1 Å². The molecule has 1 aromatic rings. The molecule has 100 valence electrons. The second kappa shape index (κ2) is 5.00. The Labute approximate surface area is 107 Å². The van der Waals surface area contributed by atoms with Crippen molar-refractivity contribution in [2.45, 2.75) is 45.6 Å². The lowest BCUT2D eigenvalue weighted by molar-refractivity contribution is 0.0145. The van der Waals surface area contributed by atoms with Gasteiger partial charge in [-0.1, -0.05) is 13.3 Å². The maximum atomic E-state index is 12.1. The average molecular weight is 251 g/mol. The van der Waals surface area contributed by atoms with Gasteiger partial charge in [0.05, 0.1) is 11.4 Å². The van der Waals surface area contributed by atoms with Crippen LogP contribution in [0.5, 0.6) is 0 Å². The molecule has 0 bridgehead atoms. The smallest absolute Gasteiger partial charge is 0.359 e. The quantitative estimate of drug-likeness (QED) is 0.817. The van der Waals surface area contributed by atoms with Gasteiger partial charge in [-0.15, -0.1) is 0 Å².